The van der Waals surface area contributed by atoms with E-state index in [9.17, 15) is 13.2 Å². The lowest BCUT2D eigenvalue weighted by molar-refractivity contribution is -0.139. The Morgan fingerprint density at radius 2 is 2.09 bits per heavy atom. The Hall–Kier alpha value is -1.47. The van der Waals surface area contributed by atoms with E-state index in [-0.39, 0.29) is 5.75 Å². The first kappa shape index (κ1) is 15.4. The van der Waals surface area contributed by atoms with Crippen molar-refractivity contribution in [2.75, 3.05) is 6.54 Å². The van der Waals surface area contributed by atoms with Crippen LogP contribution in [0.15, 0.2) is 39.4 Å². The van der Waals surface area contributed by atoms with Crippen molar-refractivity contribution in [3.05, 3.63) is 51.9 Å². The van der Waals surface area contributed by atoms with Gasteiger partial charge >= 0.3 is 6.18 Å². The fraction of sp³-hybridized carbons (Fsp3) is 0.333. The maximum atomic E-state index is 13.2. The zero-order valence-electron chi connectivity index (χ0n) is 11.4. The molecule has 1 aliphatic rings. The fourth-order valence-electron chi connectivity index (χ4n) is 2.47. The lowest BCUT2D eigenvalue weighted by atomic mass is 10.1. The summed E-state index contributed by atoms with van der Waals surface area (Å²) < 4.78 is 50.9. The lowest BCUT2D eigenvalue weighted by Crippen LogP contribution is -2.15. The average molecular weight is 376 g/mol. The summed E-state index contributed by atoms with van der Waals surface area (Å²) in [4.78, 5) is 0. The van der Waals surface area contributed by atoms with Crippen molar-refractivity contribution in [3.63, 3.8) is 0 Å². The van der Waals surface area contributed by atoms with Crippen LogP contribution in [0.4, 0.5) is 13.2 Å². The van der Waals surface area contributed by atoms with Crippen molar-refractivity contribution in [1.29, 1.82) is 0 Å². The smallest absolute Gasteiger partial charge is 0.420 e. The minimum atomic E-state index is -4.47. The highest BCUT2D eigenvalue weighted by Gasteiger charge is 2.35. The van der Waals surface area contributed by atoms with E-state index in [1.807, 2.05) is 0 Å². The van der Waals surface area contributed by atoms with Gasteiger partial charge in [-0.15, -0.1) is 0 Å². The molecular formula is C15H13BrF3NO2. The SMILES string of the molecule is FC(F)(F)c1cc(Br)ccc1OC1CCNCc2occc21. The van der Waals surface area contributed by atoms with E-state index in [0.29, 0.717) is 29.7 Å². The summed E-state index contributed by atoms with van der Waals surface area (Å²) in [6.07, 6.45) is -2.84. The molecule has 1 aliphatic heterocycles. The Bertz CT molecular complexity index is 669. The third-order valence-electron chi connectivity index (χ3n) is 3.51. The van der Waals surface area contributed by atoms with Gasteiger partial charge in [-0.25, -0.2) is 0 Å². The third-order valence-corrected chi connectivity index (χ3v) is 4.01. The van der Waals surface area contributed by atoms with Crippen molar-refractivity contribution in [2.24, 2.45) is 0 Å². The number of benzene rings is 1. The van der Waals surface area contributed by atoms with Crippen LogP contribution >= 0.6 is 15.9 Å². The molecule has 0 spiro atoms. The van der Waals surface area contributed by atoms with E-state index in [1.54, 1.807) is 6.07 Å². The molecule has 1 unspecified atom stereocenters. The van der Waals surface area contributed by atoms with Crippen molar-refractivity contribution in [2.45, 2.75) is 25.2 Å². The third kappa shape index (κ3) is 3.15. The van der Waals surface area contributed by atoms with Crippen LogP contribution in [0.1, 0.15) is 29.4 Å². The van der Waals surface area contributed by atoms with E-state index in [0.717, 1.165) is 11.6 Å². The Balaban J connectivity index is 1.94. The highest BCUT2D eigenvalue weighted by molar-refractivity contribution is 9.10. The zero-order valence-corrected chi connectivity index (χ0v) is 13.0. The van der Waals surface area contributed by atoms with Crippen LogP contribution in [0.2, 0.25) is 0 Å². The second-order valence-corrected chi connectivity index (χ2v) is 5.92. The minimum Gasteiger partial charge on any atom is -0.485 e. The van der Waals surface area contributed by atoms with E-state index >= 15 is 0 Å². The van der Waals surface area contributed by atoms with Gasteiger partial charge in [-0.05, 0) is 30.8 Å². The molecule has 1 N–H and O–H groups in total. The van der Waals surface area contributed by atoms with Gasteiger partial charge in [0, 0.05) is 16.5 Å². The van der Waals surface area contributed by atoms with Crippen LogP contribution < -0.4 is 10.1 Å². The summed E-state index contributed by atoms with van der Waals surface area (Å²) in [5, 5.41) is 3.16. The first-order valence-electron chi connectivity index (χ1n) is 6.75. The van der Waals surface area contributed by atoms with Crippen molar-refractivity contribution >= 4 is 15.9 Å². The van der Waals surface area contributed by atoms with Crippen LogP contribution in [-0.4, -0.2) is 6.54 Å². The van der Waals surface area contributed by atoms with Crippen LogP contribution in [0.5, 0.6) is 5.75 Å². The topological polar surface area (TPSA) is 34.4 Å². The molecule has 0 bridgehead atoms. The summed E-state index contributed by atoms with van der Waals surface area (Å²) in [6.45, 7) is 1.20. The second kappa shape index (κ2) is 5.96. The van der Waals surface area contributed by atoms with Gasteiger partial charge in [0.2, 0.25) is 0 Å². The Morgan fingerprint density at radius 1 is 1.27 bits per heavy atom. The molecule has 0 fully saturated rings. The molecule has 1 aromatic carbocycles. The molecule has 3 nitrogen and oxygen atoms in total. The number of hydrogen-bond donors (Lipinski definition) is 1. The van der Waals surface area contributed by atoms with E-state index in [1.165, 1.54) is 18.4 Å². The summed E-state index contributed by atoms with van der Waals surface area (Å²) in [5.41, 5.74) is 0.00479. The first-order valence-corrected chi connectivity index (χ1v) is 7.55. The number of hydrogen-bond acceptors (Lipinski definition) is 3. The summed E-state index contributed by atoms with van der Waals surface area (Å²) in [6, 6.07) is 5.65. The molecule has 2 aromatic rings. The molecule has 1 aromatic heterocycles. The van der Waals surface area contributed by atoms with Gasteiger partial charge < -0.3 is 14.5 Å². The fourth-order valence-corrected chi connectivity index (χ4v) is 2.83. The van der Waals surface area contributed by atoms with Gasteiger partial charge in [0.1, 0.15) is 17.6 Å². The van der Waals surface area contributed by atoms with Gasteiger partial charge in [-0.2, -0.15) is 13.2 Å². The monoisotopic (exact) mass is 375 g/mol. The summed E-state index contributed by atoms with van der Waals surface area (Å²) >= 11 is 3.07. The summed E-state index contributed by atoms with van der Waals surface area (Å²) in [7, 11) is 0. The van der Waals surface area contributed by atoms with Crippen LogP contribution in [0.3, 0.4) is 0 Å². The number of halogens is 4. The second-order valence-electron chi connectivity index (χ2n) is 5.01. The molecule has 3 rings (SSSR count). The quantitative estimate of drug-likeness (QED) is 0.827. The average Bonchev–Trinajstić information content (AvgIpc) is 2.83. The van der Waals surface area contributed by atoms with Gasteiger partial charge in [0.05, 0.1) is 18.4 Å². The molecule has 2 heterocycles. The summed E-state index contributed by atoms with van der Waals surface area (Å²) in [5.74, 6) is 0.530. The number of rotatable bonds is 2. The lowest BCUT2D eigenvalue weighted by Gasteiger charge is -2.20. The number of nitrogens with one attached hydrogen (secondary N) is 1. The Morgan fingerprint density at radius 3 is 2.86 bits per heavy atom. The number of alkyl halides is 3. The Kier molecular flexibility index (Phi) is 4.18. The van der Waals surface area contributed by atoms with E-state index < -0.39 is 17.8 Å². The molecule has 22 heavy (non-hydrogen) atoms. The van der Waals surface area contributed by atoms with E-state index in [4.69, 9.17) is 9.15 Å². The Labute approximate surface area is 133 Å². The zero-order chi connectivity index (χ0) is 15.7. The van der Waals surface area contributed by atoms with Crippen molar-refractivity contribution in [1.82, 2.24) is 5.32 Å². The van der Waals surface area contributed by atoms with Crippen LogP contribution in [0, 0.1) is 0 Å². The predicted octanol–water partition coefficient (Wildman–Crippen LogP) is 4.67. The normalized spacial score (nSPS) is 18.6. The molecule has 0 saturated heterocycles. The minimum absolute atomic E-state index is 0.172. The van der Waals surface area contributed by atoms with Crippen molar-refractivity contribution < 1.29 is 22.3 Å². The number of fused-ring (bicyclic) bond motifs is 1. The van der Waals surface area contributed by atoms with Gasteiger partial charge in [-0.3, -0.25) is 0 Å². The highest BCUT2D eigenvalue weighted by atomic mass is 79.9. The largest absolute Gasteiger partial charge is 0.485 e. The molecular weight excluding hydrogens is 363 g/mol. The number of furan rings is 1. The first-order chi connectivity index (χ1) is 10.4. The molecule has 7 heteroatoms. The molecule has 0 amide bonds. The van der Waals surface area contributed by atoms with Gasteiger partial charge in [0.15, 0.2) is 0 Å². The molecule has 118 valence electrons. The molecule has 0 aliphatic carbocycles. The maximum absolute atomic E-state index is 13.2. The van der Waals surface area contributed by atoms with Gasteiger partial charge in [-0.1, -0.05) is 15.9 Å². The predicted molar refractivity (Wildman–Crippen MR) is 77.5 cm³/mol. The van der Waals surface area contributed by atoms with Crippen LogP contribution in [0.25, 0.3) is 0 Å². The van der Waals surface area contributed by atoms with E-state index in [2.05, 4.69) is 21.2 Å². The van der Waals surface area contributed by atoms with Gasteiger partial charge in [0.25, 0.3) is 0 Å². The van der Waals surface area contributed by atoms with Crippen LogP contribution in [-0.2, 0) is 12.7 Å². The highest BCUT2D eigenvalue weighted by Crippen LogP contribution is 2.40. The van der Waals surface area contributed by atoms with Crippen molar-refractivity contribution in [3.8, 4) is 5.75 Å². The molecule has 1 atom stereocenters. The number of ether oxygens (including phenoxy) is 1. The molecule has 0 radical (unpaired) electrons. The molecule has 0 saturated carbocycles. The standard InChI is InChI=1S/C15H13BrF3NO2/c16-9-1-2-13(11(7-9)15(17,18)19)22-12-3-5-20-8-14-10(12)4-6-21-14/h1-2,4,6-7,12,20H,3,5,8H2. The maximum Gasteiger partial charge on any atom is 0.420 e.